The van der Waals surface area contributed by atoms with E-state index in [4.69, 9.17) is 4.42 Å². The van der Waals surface area contributed by atoms with Gasteiger partial charge in [0.2, 0.25) is 12.0 Å². The number of allylic oxidation sites excluding steroid dienone is 1. The first-order chi connectivity index (χ1) is 13.6. The molecule has 0 atom stereocenters. The van der Waals surface area contributed by atoms with E-state index in [1.54, 1.807) is 6.20 Å². The fourth-order valence-electron chi connectivity index (χ4n) is 4.22. The molecule has 0 bridgehead atoms. The van der Waals surface area contributed by atoms with Gasteiger partial charge >= 0.3 is 6.98 Å². The number of para-hydroxylation sites is 1. The first-order valence-corrected chi connectivity index (χ1v) is 9.50. The highest BCUT2D eigenvalue weighted by Gasteiger charge is 2.41. The summed E-state index contributed by atoms with van der Waals surface area (Å²) in [5, 5.41) is 1.06. The Kier molecular flexibility index (Phi) is 3.69. The van der Waals surface area contributed by atoms with Crippen molar-refractivity contribution in [1.82, 2.24) is 9.55 Å². The maximum atomic E-state index is 6.11. The minimum Gasteiger partial charge on any atom is -0.423 e. The van der Waals surface area contributed by atoms with Gasteiger partial charge in [-0.1, -0.05) is 24.3 Å². The summed E-state index contributed by atoms with van der Waals surface area (Å²) in [7, 11) is 2.09. The largest absolute Gasteiger partial charge is 0.534 e. The highest BCUT2D eigenvalue weighted by Crippen LogP contribution is 2.36. The summed E-state index contributed by atoms with van der Waals surface area (Å²) >= 11 is 0. The fourth-order valence-corrected chi connectivity index (χ4v) is 4.22. The summed E-state index contributed by atoms with van der Waals surface area (Å²) in [5.41, 5.74) is 6.67. The standard InChI is InChI=1S/C22H22BN4O/c1-15-13-20-19-11-8-12-24-21(19)28-22(20)25(4)23(15)27-14-26(16(2)17(27)3)18-9-6-5-7-10-18/h5-14H,1-4H3/q+1. The SMILES string of the molecule is CC1=Cc2c(oc3ncccc23)N(C)B1[n+]1cn(-c2ccccc2)c(C)c1C. The molecular weight excluding hydrogens is 347 g/mol. The lowest BCUT2D eigenvalue weighted by molar-refractivity contribution is -0.543. The second-order valence-electron chi connectivity index (χ2n) is 7.45. The lowest BCUT2D eigenvalue weighted by Gasteiger charge is -2.26. The highest BCUT2D eigenvalue weighted by molar-refractivity contribution is 6.64. The predicted octanol–water partition coefficient (Wildman–Crippen LogP) is 3.95. The van der Waals surface area contributed by atoms with Crippen LogP contribution < -0.4 is 9.29 Å². The third-order valence-corrected chi connectivity index (χ3v) is 5.76. The number of rotatable bonds is 2. The molecule has 4 aromatic rings. The number of furan rings is 1. The van der Waals surface area contributed by atoms with Crippen molar-refractivity contribution in [2.45, 2.75) is 20.8 Å². The average molecular weight is 369 g/mol. The molecule has 1 aromatic carbocycles. The fraction of sp³-hybridized carbons (Fsp3) is 0.182. The first kappa shape index (κ1) is 16.9. The summed E-state index contributed by atoms with van der Waals surface area (Å²) in [6, 6.07) is 14.5. The molecule has 28 heavy (non-hydrogen) atoms. The van der Waals surface area contributed by atoms with Gasteiger partial charge in [-0.2, -0.15) is 0 Å². The normalized spacial score (nSPS) is 13.8. The van der Waals surface area contributed by atoms with Gasteiger partial charge in [-0.3, -0.25) is 4.48 Å². The van der Waals surface area contributed by atoms with Crippen molar-refractivity contribution in [3.05, 3.63) is 77.4 Å². The van der Waals surface area contributed by atoms with Gasteiger partial charge in [-0.15, -0.1) is 0 Å². The van der Waals surface area contributed by atoms with Crippen LogP contribution in [0.15, 0.2) is 64.9 Å². The van der Waals surface area contributed by atoms with Gasteiger partial charge in [0.05, 0.1) is 0 Å². The molecule has 5 rings (SSSR count). The van der Waals surface area contributed by atoms with Gasteiger partial charge in [0.25, 0.3) is 0 Å². The molecule has 138 valence electrons. The smallest absolute Gasteiger partial charge is 0.423 e. The van der Waals surface area contributed by atoms with Gasteiger partial charge in [0.1, 0.15) is 17.1 Å². The number of nitrogens with zero attached hydrogens (tertiary/aromatic N) is 4. The van der Waals surface area contributed by atoms with Crippen LogP contribution in [0.1, 0.15) is 23.9 Å². The molecule has 0 unspecified atom stereocenters. The molecule has 4 heterocycles. The van der Waals surface area contributed by atoms with E-state index in [9.17, 15) is 0 Å². The lowest BCUT2D eigenvalue weighted by Crippen LogP contribution is -2.63. The molecule has 0 saturated carbocycles. The van der Waals surface area contributed by atoms with Crippen LogP contribution >= 0.6 is 0 Å². The zero-order valence-electron chi connectivity index (χ0n) is 16.5. The second kappa shape index (κ2) is 6.13. The summed E-state index contributed by atoms with van der Waals surface area (Å²) in [5.74, 6) is 0.862. The molecule has 0 aliphatic carbocycles. The maximum absolute atomic E-state index is 6.11. The number of fused-ring (bicyclic) bond motifs is 3. The molecule has 0 amide bonds. The monoisotopic (exact) mass is 369 g/mol. The first-order valence-electron chi connectivity index (χ1n) is 9.50. The Balaban J connectivity index is 1.65. The molecule has 5 nitrogen and oxygen atoms in total. The van der Waals surface area contributed by atoms with Crippen molar-refractivity contribution in [3.63, 3.8) is 0 Å². The average Bonchev–Trinajstić information content (AvgIpc) is 3.22. The van der Waals surface area contributed by atoms with E-state index in [0.29, 0.717) is 5.71 Å². The van der Waals surface area contributed by atoms with E-state index in [1.165, 1.54) is 16.9 Å². The Morgan fingerprint density at radius 2 is 1.82 bits per heavy atom. The number of hydrogen-bond acceptors (Lipinski definition) is 3. The van der Waals surface area contributed by atoms with E-state index in [-0.39, 0.29) is 6.98 Å². The van der Waals surface area contributed by atoms with Gasteiger partial charge < -0.3 is 9.23 Å². The minimum absolute atomic E-state index is 0.0525. The number of benzene rings is 1. The van der Waals surface area contributed by atoms with Crippen molar-refractivity contribution in [3.8, 4) is 5.69 Å². The number of hydrogen-bond donors (Lipinski definition) is 0. The van der Waals surface area contributed by atoms with Crippen molar-refractivity contribution >= 4 is 30.0 Å². The third kappa shape index (κ3) is 2.34. The van der Waals surface area contributed by atoms with Crippen LogP contribution in [0.4, 0.5) is 5.88 Å². The molecule has 1 aliphatic heterocycles. The van der Waals surface area contributed by atoms with Crippen LogP contribution in [0.2, 0.25) is 0 Å². The molecule has 0 spiro atoms. The third-order valence-electron chi connectivity index (χ3n) is 5.76. The number of imidazole rings is 1. The van der Waals surface area contributed by atoms with Crippen LogP contribution in [-0.2, 0) is 0 Å². The molecule has 1 aliphatic rings. The Bertz CT molecular complexity index is 1220. The highest BCUT2D eigenvalue weighted by atomic mass is 16.4. The van der Waals surface area contributed by atoms with Crippen molar-refractivity contribution in [2.75, 3.05) is 11.9 Å². The van der Waals surface area contributed by atoms with Crippen molar-refractivity contribution in [1.29, 1.82) is 0 Å². The Morgan fingerprint density at radius 3 is 2.61 bits per heavy atom. The molecule has 0 N–H and O–H groups in total. The van der Waals surface area contributed by atoms with Gasteiger partial charge in [-0.05, 0) is 43.6 Å². The zero-order valence-corrected chi connectivity index (χ0v) is 16.5. The quantitative estimate of drug-likeness (QED) is 0.502. The van der Waals surface area contributed by atoms with E-state index in [1.807, 2.05) is 12.1 Å². The number of anilines is 1. The Labute approximate surface area is 164 Å². The summed E-state index contributed by atoms with van der Waals surface area (Å²) in [6.45, 7) is 6.57. The van der Waals surface area contributed by atoms with Crippen LogP contribution in [0, 0.1) is 13.8 Å². The lowest BCUT2D eigenvalue weighted by atomic mass is 9.63. The maximum Gasteiger partial charge on any atom is 0.534 e. The predicted molar refractivity (Wildman–Crippen MR) is 113 cm³/mol. The van der Waals surface area contributed by atoms with E-state index in [0.717, 1.165) is 22.5 Å². The number of pyridine rings is 1. The van der Waals surface area contributed by atoms with E-state index in [2.05, 4.69) is 89.4 Å². The van der Waals surface area contributed by atoms with E-state index >= 15 is 0 Å². The van der Waals surface area contributed by atoms with Crippen molar-refractivity contribution < 1.29 is 8.90 Å². The van der Waals surface area contributed by atoms with Crippen LogP contribution in [0.25, 0.3) is 22.9 Å². The summed E-state index contributed by atoms with van der Waals surface area (Å²) in [6.07, 6.45) is 6.19. The van der Waals surface area contributed by atoms with Crippen LogP contribution in [0.5, 0.6) is 0 Å². The molecule has 0 radical (unpaired) electrons. The molecule has 3 aromatic heterocycles. The Morgan fingerprint density at radius 1 is 1.04 bits per heavy atom. The summed E-state index contributed by atoms with van der Waals surface area (Å²) < 4.78 is 10.7. The van der Waals surface area contributed by atoms with Crippen LogP contribution in [-0.4, -0.2) is 23.6 Å². The number of aromatic nitrogens is 3. The second-order valence-corrected chi connectivity index (χ2v) is 7.45. The molecule has 0 saturated heterocycles. The molecule has 0 fully saturated rings. The molecular formula is C22H22BN4O+. The summed E-state index contributed by atoms with van der Waals surface area (Å²) in [4.78, 5) is 6.59. The van der Waals surface area contributed by atoms with E-state index < -0.39 is 0 Å². The minimum atomic E-state index is 0.0525. The van der Waals surface area contributed by atoms with Gasteiger partial charge in [-0.25, -0.2) is 9.55 Å². The van der Waals surface area contributed by atoms with Crippen molar-refractivity contribution in [2.24, 2.45) is 0 Å². The zero-order chi connectivity index (χ0) is 19.4. The molecule has 6 heteroatoms. The topological polar surface area (TPSA) is 38.1 Å². The van der Waals surface area contributed by atoms with Crippen LogP contribution in [0.3, 0.4) is 0 Å². The van der Waals surface area contributed by atoms with Gasteiger partial charge in [0.15, 0.2) is 5.88 Å². The Hall–Kier alpha value is -3.28. The van der Waals surface area contributed by atoms with Gasteiger partial charge in [0, 0.05) is 31.1 Å².